The summed E-state index contributed by atoms with van der Waals surface area (Å²) in [6.45, 7) is 1.64. The van der Waals surface area contributed by atoms with Crippen LogP contribution >= 0.6 is 0 Å². The maximum absolute atomic E-state index is 12.0. The maximum atomic E-state index is 12.0. The number of carbonyl (C=O) groups is 3. The number of carbonyl (C=O) groups excluding carboxylic acids is 3. The summed E-state index contributed by atoms with van der Waals surface area (Å²) in [4.78, 5) is 37.5. The summed E-state index contributed by atoms with van der Waals surface area (Å²) in [5, 5.41) is 2.55. The molecule has 112 valence electrons. The van der Waals surface area contributed by atoms with Gasteiger partial charge in [0.2, 0.25) is 6.41 Å². The van der Waals surface area contributed by atoms with Crippen molar-refractivity contribution in [3.63, 3.8) is 0 Å². The normalized spacial score (nSPS) is 14.5. The molecule has 1 fully saturated rings. The number of amides is 3. The number of hydrogen-bond donors (Lipinski definition) is 1. The molecule has 7 nitrogen and oxygen atoms in total. The summed E-state index contributed by atoms with van der Waals surface area (Å²) in [6.07, 6.45) is 0.749. The van der Waals surface area contributed by atoms with E-state index in [9.17, 15) is 14.4 Å². The minimum Gasteiger partial charge on any atom is -0.497 e. The van der Waals surface area contributed by atoms with E-state index in [1.807, 2.05) is 0 Å². The number of benzene rings is 1. The first kappa shape index (κ1) is 14.8. The Labute approximate surface area is 122 Å². The fourth-order valence-electron chi connectivity index (χ4n) is 2.03. The molecule has 21 heavy (non-hydrogen) atoms. The van der Waals surface area contributed by atoms with Crippen molar-refractivity contribution < 1.29 is 19.1 Å². The third-order valence-corrected chi connectivity index (χ3v) is 3.29. The van der Waals surface area contributed by atoms with Crippen molar-refractivity contribution in [1.82, 2.24) is 9.80 Å². The van der Waals surface area contributed by atoms with Crippen LogP contribution in [0, 0.1) is 0 Å². The second kappa shape index (κ2) is 6.74. The summed E-state index contributed by atoms with van der Waals surface area (Å²) in [6, 6.07) is 6.72. The molecule has 0 radical (unpaired) electrons. The Morgan fingerprint density at radius 1 is 1.14 bits per heavy atom. The summed E-state index contributed by atoms with van der Waals surface area (Å²) in [5.74, 6) is -0.597. The van der Waals surface area contributed by atoms with Crippen LogP contribution < -0.4 is 10.1 Å². The molecule has 1 aromatic rings. The Balaban J connectivity index is 1.90. The highest BCUT2D eigenvalue weighted by Crippen LogP contribution is 2.15. The molecule has 0 saturated carbocycles. The first-order valence-electron chi connectivity index (χ1n) is 6.57. The standard InChI is InChI=1S/C14H17N3O4/c1-21-12-4-2-11(3-5-12)15-13(19)14(20)17-8-6-16(10-18)7-9-17/h2-5,10H,6-9H2,1H3,(H,15,19). The van der Waals surface area contributed by atoms with Crippen molar-refractivity contribution in [2.75, 3.05) is 38.6 Å². The van der Waals surface area contributed by atoms with E-state index in [-0.39, 0.29) is 0 Å². The average Bonchev–Trinajstić information content (AvgIpc) is 2.55. The van der Waals surface area contributed by atoms with Crippen molar-refractivity contribution in [1.29, 1.82) is 0 Å². The topological polar surface area (TPSA) is 79.0 Å². The maximum Gasteiger partial charge on any atom is 0.313 e. The van der Waals surface area contributed by atoms with E-state index in [0.29, 0.717) is 37.6 Å². The molecule has 0 bridgehead atoms. The van der Waals surface area contributed by atoms with E-state index in [4.69, 9.17) is 4.74 Å². The Morgan fingerprint density at radius 3 is 2.29 bits per heavy atom. The van der Waals surface area contributed by atoms with Crippen LogP contribution in [0.5, 0.6) is 5.75 Å². The molecule has 0 aromatic heterocycles. The zero-order valence-electron chi connectivity index (χ0n) is 11.7. The molecule has 0 unspecified atom stereocenters. The van der Waals surface area contributed by atoms with Crippen molar-refractivity contribution in [2.45, 2.75) is 0 Å². The highest BCUT2D eigenvalue weighted by Gasteiger charge is 2.25. The molecular weight excluding hydrogens is 274 g/mol. The first-order chi connectivity index (χ1) is 10.1. The summed E-state index contributed by atoms with van der Waals surface area (Å²) < 4.78 is 5.02. The molecule has 1 heterocycles. The number of anilines is 1. The van der Waals surface area contributed by atoms with Gasteiger partial charge < -0.3 is 19.9 Å². The van der Waals surface area contributed by atoms with E-state index < -0.39 is 11.8 Å². The number of nitrogens with one attached hydrogen (secondary N) is 1. The van der Waals surface area contributed by atoms with E-state index in [1.165, 1.54) is 4.90 Å². The van der Waals surface area contributed by atoms with Crippen molar-refractivity contribution in [3.8, 4) is 5.75 Å². The van der Waals surface area contributed by atoms with Crippen LogP contribution in [0.25, 0.3) is 0 Å². The zero-order chi connectivity index (χ0) is 15.2. The minimum absolute atomic E-state index is 0.369. The first-order valence-corrected chi connectivity index (χ1v) is 6.57. The van der Waals surface area contributed by atoms with Crippen LogP contribution in [0.15, 0.2) is 24.3 Å². The number of ether oxygens (including phenoxy) is 1. The molecule has 0 aliphatic carbocycles. The van der Waals surface area contributed by atoms with E-state index in [0.717, 1.165) is 6.41 Å². The minimum atomic E-state index is -0.681. The lowest BCUT2D eigenvalue weighted by Gasteiger charge is -2.31. The van der Waals surface area contributed by atoms with Crippen LogP contribution in [-0.2, 0) is 14.4 Å². The quantitative estimate of drug-likeness (QED) is 0.625. The van der Waals surface area contributed by atoms with Gasteiger partial charge >= 0.3 is 11.8 Å². The molecular formula is C14H17N3O4. The fraction of sp³-hybridized carbons (Fsp3) is 0.357. The van der Waals surface area contributed by atoms with Gasteiger partial charge in [0.1, 0.15) is 5.75 Å². The second-order valence-electron chi connectivity index (χ2n) is 4.62. The van der Waals surface area contributed by atoms with Crippen molar-refractivity contribution in [2.24, 2.45) is 0 Å². The van der Waals surface area contributed by atoms with Gasteiger partial charge in [-0.3, -0.25) is 14.4 Å². The molecule has 1 aliphatic heterocycles. The van der Waals surface area contributed by atoms with Crippen LogP contribution in [0.2, 0.25) is 0 Å². The Bertz CT molecular complexity index is 522. The lowest BCUT2D eigenvalue weighted by molar-refractivity contribution is -0.144. The van der Waals surface area contributed by atoms with Crippen molar-refractivity contribution >= 4 is 23.9 Å². The van der Waals surface area contributed by atoms with Gasteiger partial charge in [-0.15, -0.1) is 0 Å². The van der Waals surface area contributed by atoms with Crippen LogP contribution in [0.4, 0.5) is 5.69 Å². The highest BCUT2D eigenvalue weighted by molar-refractivity contribution is 6.39. The summed E-state index contributed by atoms with van der Waals surface area (Å²) in [7, 11) is 1.55. The molecule has 1 aliphatic rings. The molecule has 2 rings (SSSR count). The smallest absolute Gasteiger partial charge is 0.313 e. The van der Waals surface area contributed by atoms with E-state index >= 15 is 0 Å². The van der Waals surface area contributed by atoms with Gasteiger partial charge in [-0.2, -0.15) is 0 Å². The Morgan fingerprint density at radius 2 is 1.76 bits per heavy atom. The largest absolute Gasteiger partial charge is 0.497 e. The van der Waals surface area contributed by atoms with Gasteiger partial charge in [0, 0.05) is 31.9 Å². The summed E-state index contributed by atoms with van der Waals surface area (Å²) >= 11 is 0. The SMILES string of the molecule is COc1ccc(NC(=O)C(=O)N2CCN(C=O)CC2)cc1. The van der Waals surface area contributed by atoms with Crippen LogP contribution in [0.1, 0.15) is 0 Å². The number of rotatable bonds is 3. The predicted molar refractivity (Wildman–Crippen MR) is 75.8 cm³/mol. The van der Waals surface area contributed by atoms with Crippen LogP contribution in [-0.4, -0.2) is 61.3 Å². The van der Waals surface area contributed by atoms with E-state index in [2.05, 4.69) is 5.32 Å². The van der Waals surface area contributed by atoms with Gasteiger partial charge in [0.15, 0.2) is 0 Å². The molecule has 3 amide bonds. The zero-order valence-corrected chi connectivity index (χ0v) is 11.7. The van der Waals surface area contributed by atoms with Gasteiger partial charge in [0.25, 0.3) is 0 Å². The predicted octanol–water partition coefficient (Wildman–Crippen LogP) is -0.0657. The number of methoxy groups -OCH3 is 1. The Hall–Kier alpha value is -2.57. The molecule has 1 saturated heterocycles. The van der Waals surface area contributed by atoms with Crippen molar-refractivity contribution in [3.05, 3.63) is 24.3 Å². The third kappa shape index (κ3) is 3.71. The van der Waals surface area contributed by atoms with Gasteiger partial charge in [0.05, 0.1) is 7.11 Å². The lowest BCUT2D eigenvalue weighted by atomic mass is 10.3. The molecule has 7 heteroatoms. The fourth-order valence-corrected chi connectivity index (χ4v) is 2.03. The monoisotopic (exact) mass is 291 g/mol. The molecule has 0 spiro atoms. The average molecular weight is 291 g/mol. The number of piperazine rings is 1. The highest BCUT2D eigenvalue weighted by atomic mass is 16.5. The number of hydrogen-bond acceptors (Lipinski definition) is 4. The Kier molecular flexibility index (Phi) is 4.76. The number of nitrogens with zero attached hydrogens (tertiary/aromatic N) is 2. The van der Waals surface area contributed by atoms with E-state index in [1.54, 1.807) is 36.3 Å². The van der Waals surface area contributed by atoms with Gasteiger partial charge in [-0.1, -0.05) is 0 Å². The molecule has 1 N–H and O–H groups in total. The summed E-state index contributed by atoms with van der Waals surface area (Å²) in [5.41, 5.74) is 0.528. The lowest BCUT2D eigenvalue weighted by Crippen LogP contribution is -2.51. The second-order valence-corrected chi connectivity index (χ2v) is 4.62. The van der Waals surface area contributed by atoms with Gasteiger partial charge in [-0.05, 0) is 24.3 Å². The van der Waals surface area contributed by atoms with Gasteiger partial charge in [-0.25, -0.2) is 0 Å². The molecule has 0 atom stereocenters. The third-order valence-electron chi connectivity index (χ3n) is 3.29. The molecule has 1 aromatic carbocycles. The van der Waals surface area contributed by atoms with Crippen LogP contribution in [0.3, 0.4) is 0 Å².